The van der Waals surface area contributed by atoms with E-state index in [-0.39, 0.29) is 17.7 Å². The zero-order valence-corrected chi connectivity index (χ0v) is 15.4. The molecule has 0 unspecified atom stereocenters. The van der Waals surface area contributed by atoms with Gasteiger partial charge in [0, 0.05) is 41.3 Å². The highest BCUT2D eigenvalue weighted by atomic mass is 16.2. The van der Waals surface area contributed by atoms with Crippen LogP contribution in [0.15, 0.2) is 54.6 Å². The summed E-state index contributed by atoms with van der Waals surface area (Å²) in [7, 11) is 0. The third-order valence-corrected chi connectivity index (χ3v) is 5.30. The first-order valence-electron chi connectivity index (χ1n) is 9.36. The number of aromatic nitrogens is 1. The summed E-state index contributed by atoms with van der Waals surface area (Å²) in [5, 5.41) is 3.93. The number of H-pyrrole nitrogens is 1. The van der Waals surface area contributed by atoms with Gasteiger partial charge in [-0.05, 0) is 38.0 Å². The predicted molar refractivity (Wildman–Crippen MR) is 107 cm³/mol. The number of benzene rings is 2. The van der Waals surface area contributed by atoms with E-state index in [9.17, 15) is 9.59 Å². The van der Waals surface area contributed by atoms with E-state index < -0.39 is 0 Å². The quantitative estimate of drug-likeness (QED) is 0.741. The Kier molecular flexibility index (Phi) is 4.67. The second-order valence-electron chi connectivity index (χ2n) is 7.09. The smallest absolute Gasteiger partial charge is 0.256 e. The van der Waals surface area contributed by atoms with Gasteiger partial charge in [0.25, 0.3) is 5.91 Å². The number of anilines is 1. The Morgan fingerprint density at radius 2 is 1.67 bits per heavy atom. The number of aryl methyl sites for hydroxylation is 1. The van der Waals surface area contributed by atoms with Crippen LogP contribution in [0.3, 0.4) is 0 Å². The van der Waals surface area contributed by atoms with Crippen LogP contribution in [0.2, 0.25) is 0 Å². The fourth-order valence-corrected chi connectivity index (χ4v) is 3.82. The zero-order chi connectivity index (χ0) is 18.8. The fourth-order valence-electron chi connectivity index (χ4n) is 3.82. The first-order valence-corrected chi connectivity index (χ1v) is 9.36. The number of piperidine rings is 1. The molecule has 0 radical (unpaired) electrons. The number of carbonyl (C=O) groups is 2. The van der Waals surface area contributed by atoms with E-state index in [1.165, 1.54) is 0 Å². The molecule has 3 aromatic rings. The van der Waals surface area contributed by atoms with Crippen molar-refractivity contribution in [1.82, 2.24) is 9.88 Å². The molecule has 0 aliphatic carbocycles. The largest absolute Gasteiger partial charge is 0.358 e. The van der Waals surface area contributed by atoms with Crippen molar-refractivity contribution in [2.24, 2.45) is 5.92 Å². The maximum Gasteiger partial charge on any atom is 0.256 e. The van der Waals surface area contributed by atoms with Crippen LogP contribution < -0.4 is 5.32 Å². The fraction of sp³-hybridized carbons (Fsp3) is 0.273. The SMILES string of the molecule is Cc1[nH]c2ccccc2c1C(=O)N1CCC(C(=O)Nc2ccccc2)CC1. The van der Waals surface area contributed by atoms with E-state index in [2.05, 4.69) is 10.3 Å². The average molecular weight is 361 g/mol. The Labute approximate surface area is 158 Å². The van der Waals surface area contributed by atoms with Gasteiger partial charge in [0.05, 0.1) is 5.56 Å². The number of likely N-dealkylation sites (tertiary alicyclic amines) is 1. The molecule has 0 atom stereocenters. The van der Waals surface area contributed by atoms with Gasteiger partial charge in [-0.3, -0.25) is 9.59 Å². The Balaban J connectivity index is 1.42. The summed E-state index contributed by atoms with van der Waals surface area (Å²) < 4.78 is 0. The van der Waals surface area contributed by atoms with Gasteiger partial charge in [-0.15, -0.1) is 0 Å². The van der Waals surface area contributed by atoms with E-state index in [0.29, 0.717) is 25.9 Å². The van der Waals surface area contributed by atoms with Crippen LogP contribution in [-0.4, -0.2) is 34.8 Å². The number of amides is 2. The molecule has 2 N–H and O–H groups in total. The van der Waals surface area contributed by atoms with Gasteiger partial charge in [0.15, 0.2) is 0 Å². The van der Waals surface area contributed by atoms with Crippen molar-refractivity contribution < 1.29 is 9.59 Å². The molecule has 1 aliphatic rings. The van der Waals surface area contributed by atoms with Gasteiger partial charge in [-0.2, -0.15) is 0 Å². The number of hydrogen-bond acceptors (Lipinski definition) is 2. The second kappa shape index (κ2) is 7.27. The number of hydrogen-bond donors (Lipinski definition) is 2. The van der Waals surface area contributed by atoms with Crippen LogP contribution in [0.4, 0.5) is 5.69 Å². The predicted octanol–water partition coefficient (Wildman–Crippen LogP) is 3.97. The number of nitrogens with one attached hydrogen (secondary N) is 2. The highest BCUT2D eigenvalue weighted by Gasteiger charge is 2.29. The van der Waals surface area contributed by atoms with Gasteiger partial charge in [-0.25, -0.2) is 0 Å². The molecular formula is C22H23N3O2. The molecule has 2 amide bonds. The number of fused-ring (bicyclic) bond motifs is 1. The first-order chi connectivity index (χ1) is 13.1. The molecule has 1 fully saturated rings. The highest BCUT2D eigenvalue weighted by Crippen LogP contribution is 2.26. The number of aromatic amines is 1. The average Bonchev–Trinajstić information content (AvgIpc) is 3.04. The van der Waals surface area contributed by atoms with Gasteiger partial charge in [-0.1, -0.05) is 36.4 Å². The summed E-state index contributed by atoms with van der Waals surface area (Å²) in [5.41, 5.74) is 3.44. The standard InChI is InChI=1S/C22H23N3O2/c1-15-20(18-9-5-6-10-19(18)23-15)22(27)25-13-11-16(12-14-25)21(26)24-17-7-3-2-4-8-17/h2-10,16,23H,11-14H2,1H3,(H,24,26). The number of nitrogens with zero attached hydrogens (tertiary/aromatic N) is 1. The molecule has 0 bridgehead atoms. The summed E-state index contributed by atoms with van der Waals surface area (Å²) in [6.45, 7) is 3.14. The monoisotopic (exact) mass is 361 g/mol. The molecule has 0 spiro atoms. The molecule has 5 nitrogen and oxygen atoms in total. The number of para-hydroxylation sites is 2. The van der Waals surface area contributed by atoms with Crippen LogP contribution >= 0.6 is 0 Å². The molecule has 1 saturated heterocycles. The van der Waals surface area contributed by atoms with Gasteiger partial charge >= 0.3 is 0 Å². The van der Waals surface area contributed by atoms with Gasteiger partial charge in [0.2, 0.25) is 5.91 Å². The van der Waals surface area contributed by atoms with E-state index >= 15 is 0 Å². The second-order valence-corrected chi connectivity index (χ2v) is 7.09. The van der Waals surface area contributed by atoms with Gasteiger partial charge in [0.1, 0.15) is 0 Å². The normalized spacial score (nSPS) is 15.1. The van der Waals surface area contributed by atoms with Crippen LogP contribution in [0.5, 0.6) is 0 Å². The maximum atomic E-state index is 13.1. The van der Waals surface area contributed by atoms with Crippen LogP contribution in [0.25, 0.3) is 10.9 Å². The van der Waals surface area contributed by atoms with Crippen molar-refractivity contribution in [3.63, 3.8) is 0 Å². The van der Waals surface area contributed by atoms with Crippen molar-refractivity contribution in [2.45, 2.75) is 19.8 Å². The summed E-state index contributed by atoms with van der Waals surface area (Å²) in [6.07, 6.45) is 1.37. The minimum atomic E-state index is -0.0571. The third-order valence-electron chi connectivity index (χ3n) is 5.30. The Morgan fingerprint density at radius 1 is 1.00 bits per heavy atom. The summed E-state index contributed by atoms with van der Waals surface area (Å²) in [4.78, 5) is 30.7. The summed E-state index contributed by atoms with van der Waals surface area (Å²) >= 11 is 0. The van der Waals surface area contributed by atoms with E-state index in [0.717, 1.165) is 27.8 Å². The van der Waals surface area contributed by atoms with Crippen molar-refractivity contribution >= 4 is 28.4 Å². The first kappa shape index (κ1) is 17.3. The summed E-state index contributed by atoms with van der Waals surface area (Å²) in [6, 6.07) is 17.4. The van der Waals surface area contributed by atoms with Crippen LogP contribution in [-0.2, 0) is 4.79 Å². The summed E-state index contributed by atoms with van der Waals surface area (Å²) in [5.74, 6) is 0.0294. The molecule has 2 heterocycles. The molecule has 4 rings (SSSR count). The lowest BCUT2D eigenvalue weighted by molar-refractivity contribution is -0.121. The Bertz CT molecular complexity index is 970. The zero-order valence-electron chi connectivity index (χ0n) is 15.4. The van der Waals surface area contributed by atoms with E-state index in [4.69, 9.17) is 0 Å². The lowest BCUT2D eigenvalue weighted by atomic mass is 9.95. The minimum Gasteiger partial charge on any atom is -0.358 e. The highest BCUT2D eigenvalue weighted by molar-refractivity contribution is 6.08. The van der Waals surface area contributed by atoms with Crippen molar-refractivity contribution in [1.29, 1.82) is 0 Å². The van der Waals surface area contributed by atoms with E-state index in [1.807, 2.05) is 66.4 Å². The third kappa shape index (κ3) is 3.45. The van der Waals surface area contributed by atoms with Crippen LogP contribution in [0, 0.1) is 12.8 Å². The van der Waals surface area contributed by atoms with Crippen molar-refractivity contribution in [3.8, 4) is 0 Å². The Morgan fingerprint density at radius 3 is 2.41 bits per heavy atom. The number of carbonyl (C=O) groups excluding carboxylic acids is 2. The van der Waals surface area contributed by atoms with Crippen molar-refractivity contribution in [3.05, 3.63) is 65.9 Å². The lowest BCUT2D eigenvalue weighted by Gasteiger charge is -2.31. The van der Waals surface area contributed by atoms with Gasteiger partial charge < -0.3 is 15.2 Å². The molecule has 138 valence electrons. The molecule has 1 aliphatic heterocycles. The number of rotatable bonds is 3. The maximum absolute atomic E-state index is 13.1. The van der Waals surface area contributed by atoms with E-state index in [1.54, 1.807) is 0 Å². The molecule has 27 heavy (non-hydrogen) atoms. The lowest BCUT2D eigenvalue weighted by Crippen LogP contribution is -2.41. The van der Waals surface area contributed by atoms with Crippen molar-refractivity contribution in [2.75, 3.05) is 18.4 Å². The molecule has 2 aromatic carbocycles. The topological polar surface area (TPSA) is 65.2 Å². The molecular weight excluding hydrogens is 338 g/mol. The molecule has 5 heteroatoms. The van der Waals surface area contributed by atoms with Crippen LogP contribution in [0.1, 0.15) is 28.9 Å². The molecule has 0 saturated carbocycles. The Hall–Kier alpha value is -3.08. The minimum absolute atomic E-state index is 0.0385. The molecule has 1 aromatic heterocycles.